The number of para-hydroxylation sites is 1. The van der Waals surface area contributed by atoms with Crippen LogP contribution in [0.5, 0.6) is 5.75 Å². The Morgan fingerprint density at radius 3 is 2.50 bits per heavy atom. The Bertz CT molecular complexity index is 1390. The largest absolute Gasteiger partial charge is 0.497 e. The zero-order valence-electron chi connectivity index (χ0n) is 17.9. The number of methoxy groups -OCH3 is 1. The van der Waals surface area contributed by atoms with E-state index >= 15 is 0 Å². The molecule has 4 aromatic rings. The van der Waals surface area contributed by atoms with Crippen LogP contribution in [0.25, 0.3) is 27.9 Å². The molecule has 0 spiro atoms. The fourth-order valence-corrected chi connectivity index (χ4v) is 5.46. The van der Waals surface area contributed by atoms with E-state index in [4.69, 9.17) is 17.0 Å². The first-order chi connectivity index (χ1) is 15.6. The van der Waals surface area contributed by atoms with E-state index in [1.807, 2.05) is 30.3 Å². The molecule has 0 radical (unpaired) electrons. The highest BCUT2D eigenvalue weighted by molar-refractivity contribution is 8.26. The third kappa shape index (κ3) is 3.59. The smallest absolute Gasteiger partial charge is 0.266 e. The average Bonchev–Trinajstić information content (AvgIpc) is 3.28. The number of carbonyl (C=O) groups is 1. The van der Waals surface area contributed by atoms with Gasteiger partial charge in [-0.15, -0.1) is 0 Å². The summed E-state index contributed by atoms with van der Waals surface area (Å²) in [6.07, 6.45) is 1.95. The van der Waals surface area contributed by atoms with Gasteiger partial charge in [-0.25, -0.2) is 0 Å². The maximum Gasteiger partial charge on any atom is 0.266 e. The summed E-state index contributed by atoms with van der Waals surface area (Å²) in [6.45, 7) is 3.52. The number of carbonyl (C=O) groups excluding carboxylic acids is 1. The number of thiocarbonyl (C=S) groups is 1. The van der Waals surface area contributed by atoms with Gasteiger partial charge in [0.1, 0.15) is 10.1 Å². The van der Waals surface area contributed by atoms with Crippen LogP contribution in [0.2, 0.25) is 0 Å². The van der Waals surface area contributed by atoms with Crippen molar-refractivity contribution in [1.29, 1.82) is 0 Å². The quantitative estimate of drug-likeness (QED) is 0.262. The molecule has 160 valence electrons. The van der Waals surface area contributed by atoms with Crippen molar-refractivity contribution in [1.82, 2.24) is 9.47 Å². The second-order valence-electron chi connectivity index (χ2n) is 7.65. The van der Waals surface area contributed by atoms with E-state index in [9.17, 15) is 4.79 Å². The van der Waals surface area contributed by atoms with Crippen LogP contribution in [0.1, 0.15) is 18.1 Å². The zero-order valence-corrected chi connectivity index (χ0v) is 19.5. The Kier molecular flexibility index (Phi) is 5.49. The molecule has 1 saturated heterocycles. The molecule has 1 fully saturated rings. The van der Waals surface area contributed by atoms with Gasteiger partial charge in [-0.3, -0.25) is 9.69 Å². The molecule has 1 amide bonds. The molecule has 1 aliphatic heterocycles. The van der Waals surface area contributed by atoms with Gasteiger partial charge in [0.15, 0.2) is 0 Å². The maximum atomic E-state index is 13.1. The molecule has 0 N–H and O–H groups in total. The molecular formula is C26H22N2O2S2. The number of hydrogen-bond donors (Lipinski definition) is 0. The van der Waals surface area contributed by atoms with E-state index in [0.29, 0.717) is 15.8 Å². The molecule has 5 rings (SSSR count). The summed E-state index contributed by atoms with van der Waals surface area (Å²) in [4.78, 5) is 15.4. The summed E-state index contributed by atoms with van der Waals surface area (Å²) >= 11 is 6.88. The molecule has 1 aliphatic rings. The van der Waals surface area contributed by atoms with E-state index in [0.717, 1.165) is 23.4 Å². The SMILES string of the molecule is CCn1c2ccccc2c2cc(/C=C3/SC(=S)N(Cc4ccc(OC)cc4)C3=O)ccc21. The number of aryl methyl sites for hydroxylation is 1. The number of thioether (sulfide) groups is 1. The molecule has 1 aromatic heterocycles. The van der Waals surface area contributed by atoms with Crippen LogP contribution in [0.4, 0.5) is 0 Å². The highest BCUT2D eigenvalue weighted by Gasteiger charge is 2.32. The van der Waals surface area contributed by atoms with E-state index in [1.165, 1.54) is 33.6 Å². The number of aromatic nitrogens is 1. The van der Waals surface area contributed by atoms with Crippen molar-refractivity contribution in [3.8, 4) is 5.75 Å². The minimum atomic E-state index is -0.0492. The van der Waals surface area contributed by atoms with Gasteiger partial charge in [0, 0.05) is 28.4 Å². The van der Waals surface area contributed by atoms with E-state index in [1.54, 1.807) is 12.0 Å². The Morgan fingerprint density at radius 2 is 1.75 bits per heavy atom. The predicted octanol–water partition coefficient (Wildman–Crippen LogP) is 6.22. The second kappa shape index (κ2) is 8.45. The van der Waals surface area contributed by atoms with Crippen LogP contribution in [-0.4, -0.2) is 26.8 Å². The third-order valence-electron chi connectivity index (χ3n) is 5.78. The lowest BCUT2D eigenvalue weighted by molar-refractivity contribution is -0.122. The van der Waals surface area contributed by atoms with E-state index in [-0.39, 0.29) is 5.91 Å². The van der Waals surface area contributed by atoms with Gasteiger partial charge in [-0.2, -0.15) is 0 Å². The maximum absolute atomic E-state index is 13.1. The molecule has 32 heavy (non-hydrogen) atoms. The number of nitrogens with zero attached hydrogens (tertiary/aromatic N) is 2. The molecule has 0 unspecified atom stereocenters. The summed E-state index contributed by atoms with van der Waals surface area (Å²) in [5.74, 6) is 0.741. The van der Waals surface area contributed by atoms with Crippen molar-refractivity contribution < 1.29 is 9.53 Å². The summed E-state index contributed by atoms with van der Waals surface area (Å²) in [5, 5.41) is 2.43. The predicted molar refractivity (Wildman–Crippen MR) is 137 cm³/mol. The number of benzene rings is 3. The third-order valence-corrected chi connectivity index (χ3v) is 7.16. The highest BCUT2D eigenvalue weighted by Crippen LogP contribution is 2.35. The Morgan fingerprint density at radius 1 is 1.00 bits per heavy atom. The Balaban J connectivity index is 1.46. The summed E-state index contributed by atoms with van der Waals surface area (Å²) < 4.78 is 8.12. The zero-order chi connectivity index (χ0) is 22.2. The Labute approximate surface area is 196 Å². The van der Waals surface area contributed by atoms with Crippen LogP contribution >= 0.6 is 24.0 Å². The van der Waals surface area contributed by atoms with Crippen molar-refractivity contribution in [2.45, 2.75) is 20.0 Å². The lowest BCUT2D eigenvalue weighted by Crippen LogP contribution is -2.27. The highest BCUT2D eigenvalue weighted by atomic mass is 32.2. The molecule has 0 saturated carbocycles. The van der Waals surface area contributed by atoms with Crippen LogP contribution in [0.15, 0.2) is 71.6 Å². The van der Waals surface area contributed by atoms with Gasteiger partial charge in [0.2, 0.25) is 0 Å². The Hall–Kier alpha value is -3.09. The number of ether oxygens (including phenoxy) is 1. The topological polar surface area (TPSA) is 34.5 Å². The first-order valence-electron chi connectivity index (χ1n) is 10.5. The molecule has 4 nitrogen and oxygen atoms in total. The first-order valence-corrected chi connectivity index (χ1v) is 11.7. The first kappa shape index (κ1) is 20.8. The van der Waals surface area contributed by atoms with Crippen molar-refractivity contribution in [2.24, 2.45) is 0 Å². The summed E-state index contributed by atoms with van der Waals surface area (Å²) in [6, 6.07) is 22.5. The molecular weight excluding hydrogens is 436 g/mol. The molecule has 3 aromatic carbocycles. The van der Waals surface area contributed by atoms with Gasteiger partial charge in [-0.05, 0) is 54.5 Å². The van der Waals surface area contributed by atoms with Crippen LogP contribution in [0, 0.1) is 0 Å². The van der Waals surface area contributed by atoms with Gasteiger partial charge >= 0.3 is 0 Å². The number of rotatable bonds is 5. The second-order valence-corrected chi connectivity index (χ2v) is 9.33. The lowest BCUT2D eigenvalue weighted by Gasteiger charge is -2.14. The average molecular weight is 459 g/mol. The molecule has 2 heterocycles. The lowest BCUT2D eigenvalue weighted by atomic mass is 10.1. The standard InChI is InChI=1S/C26H22N2O2S2/c1-3-27-22-7-5-4-6-20(22)21-14-18(10-13-23(21)27)15-24-25(29)28(26(31)32-24)16-17-8-11-19(30-2)12-9-17/h4-15H,3,16H2,1-2H3/b24-15+. The van der Waals surface area contributed by atoms with Crippen LogP contribution < -0.4 is 4.74 Å². The number of fused-ring (bicyclic) bond motifs is 3. The van der Waals surface area contributed by atoms with E-state index < -0.39 is 0 Å². The molecule has 0 bridgehead atoms. The fraction of sp³-hybridized carbons (Fsp3) is 0.154. The summed E-state index contributed by atoms with van der Waals surface area (Å²) in [7, 11) is 1.64. The summed E-state index contributed by atoms with van der Waals surface area (Å²) in [5.41, 5.74) is 4.45. The fourth-order valence-electron chi connectivity index (χ4n) is 4.20. The van der Waals surface area contributed by atoms with Crippen LogP contribution in [0.3, 0.4) is 0 Å². The van der Waals surface area contributed by atoms with Crippen molar-refractivity contribution in [2.75, 3.05) is 7.11 Å². The monoisotopic (exact) mass is 458 g/mol. The number of amides is 1. The minimum absolute atomic E-state index is 0.0492. The number of hydrogen-bond acceptors (Lipinski definition) is 4. The van der Waals surface area contributed by atoms with Gasteiger partial charge in [0.05, 0.1) is 18.6 Å². The minimum Gasteiger partial charge on any atom is -0.497 e. The van der Waals surface area contributed by atoms with Gasteiger partial charge in [-0.1, -0.05) is 60.4 Å². The van der Waals surface area contributed by atoms with Crippen molar-refractivity contribution in [3.63, 3.8) is 0 Å². The van der Waals surface area contributed by atoms with Gasteiger partial charge in [0.25, 0.3) is 5.91 Å². The van der Waals surface area contributed by atoms with Gasteiger partial charge < -0.3 is 9.30 Å². The molecule has 0 atom stereocenters. The normalized spacial score (nSPS) is 15.4. The van der Waals surface area contributed by atoms with Crippen LogP contribution in [-0.2, 0) is 17.9 Å². The van der Waals surface area contributed by atoms with E-state index in [2.05, 4.69) is 54.0 Å². The van der Waals surface area contributed by atoms with Crippen molar-refractivity contribution >= 4 is 62.1 Å². The molecule has 0 aliphatic carbocycles. The molecule has 6 heteroatoms. The van der Waals surface area contributed by atoms with Crippen molar-refractivity contribution in [3.05, 3.63) is 82.8 Å².